The van der Waals surface area contributed by atoms with E-state index in [4.69, 9.17) is 9.47 Å². The van der Waals surface area contributed by atoms with Crippen LogP contribution in [0.25, 0.3) is 0 Å². The molecule has 7 heteroatoms. The van der Waals surface area contributed by atoms with Crippen molar-refractivity contribution in [2.24, 2.45) is 0 Å². The van der Waals surface area contributed by atoms with Gasteiger partial charge in [-0.05, 0) is 31.9 Å². The fraction of sp³-hybridized carbons (Fsp3) is 0.474. The number of amides is 2. The van der Waals surface area contributed by atoms with Crippen LogP contribution in [-0.2, 0) is 13.1 Å². The lowest BCUT2D eigenvalue weighted by atomic mass is 10.1. The predicted molar refractivity (Wildman–Crippen MR) is 98.4 cm³/mol. The van der Waals surface area contributed by atoms with Crippen LogP contribution in [0.3, 0.4) is 0 Å². The molecule has 2 amide bonds. The van der Waals surface area contributed by atoms with E-state index in [9.17, 15) is 4.79 Å². The van der Waals surface area contributed by atoms with Gasteiger partial charge in [0.25, 0.3) is 0 Å². The van der Waals surface area contributed by atoms with Crippen molar-refractivity contribution in [2.75, 3.05) is 20.3 Å². The number of ether oxygens (including phenoxy) is 2. The van der Waals surface area contributed by atoms with E-state index in [0.717, 1.165) is 30.7 Å². The molecule has 0 radical (unpaired) electrons. The molecule has 0 saturated carbocycles. The molecule has 26 heavy (non-hydrogen) atoms. The van der Waals surface area contributed by atoms with Crippen LogP contribution in [0, 0.1) is 0 Å². The molecule has 1 aromatic heterocycles. The van der Waals surface area contributed by atoms with Crippen LogP contribution in [0.5, 0.6) is 11.5 Å². The molecular formula is C19H26N4O3. The van der Waals surface area contributed by atoms with Gasteiger partial charge >= 0.3 is 6.03 Å². The molecule has 0 saturated heterocycles. The van der Waals surface area contributed by atoms with Gasteiger partial charge in [-0.25, -0.2) is 4.79 Å². The molecule has 0 aliphatic carbocycles. The van der Waals surface area contributed by atoms with Gasteiger partial charge in [-0.15, -0.1) is 0 Å². The minimum atomic E-state index is -0.0476. The van der Waals surface area contributed by atoms with E-state index >= 15 is 0 Å². The molecule has 140 valence electrons. The second-order valence-corrected chi connectivity index (χ2v) is 6.48. The standard InChI is InChI=1S/C19H26N4O3/c1-15(8-12-23-11-4-9-20-23)21-19(24)22-10-5-13-26-18-16(14-22)6-3-7-17(18)25-2/h3-4,6-7,9,11,15H,5,8,10,12-14H2,1-2H3,(H,21,24)/t15-/m1/s1. The highest BCUT2D eigenvalue weighted by Crippen LogP contribution is 2.33. The van der Waals surface area contributed by atoms with E-state index in [2.05, 4.69) is 10.4 Å². The number of methoxy groups -OCH3 is 1. The number of benzene rings is 1. The fourth-order valence-electron chi connectivity index (χ4n) is 3.03. The SMILES string of the molecule is COc1cccc2c1OCCCN(C(=O)N[C@H](C)CCn1cccn1)C2. The first kappa shape index (κ1) is 18.1. The van der Waals surface area contributed by atoms with Crippen LogP contribution in [0.1, 0.15) is 25.3 Å². The van der Waals surface area contributed by atoms with Gasteiger partial charge < -0.3 is 19.7 Å². The summed E-state index contributed by atoms with van der Waals surface area (Å²) < 4.78 is 13.1. The maximum atomic E-state index is 12.7. The number of rotatable bonds is 5. The molecule has 1 aliphatic rings. The summed E-state index contributed by atoms with van der Waals surface area (Å²) in [6.07, 6.45) is 5.30. The summed E-state index contributed by atoms with van der Waals surface area (Å²) in [5, 5.41) is 7.28. The molecule has 7 nitrogen and oxygen atoms in total. The number of carbonyl (C=O) groups excluding carboxylic acids is 1. The van der Waals surface area contributed by atoms with Crippen molar-refractivity contribution >= 4 is 6.03 Å². The van der Waals surface area contributed by atoms with Gasteiger partial charge in [-0.3, -0.25) is 4.68 Å². The summed E-state index contributed by atoms with van der Waals surface area (Å²) in [5.74, 6) is 1.44. The van der Waals surface area contributed by atoms with Crippen LogP contribution in [0.4, 0.5) is 4.79 Å². The third kappa shape index (κ3) is 4.47. The Morgan fingerprint density at radius 3 is 3.08 bits per heavy atom. The lowest BCUT2D eigenvalue weighted by molar-refractivity contribution is 0.176. The zero-order valence-electron chi connectivity index (χ0n) is 15.4. The zero-order chi connectivity index (χ0) is 18.4. The number of carbonyl (C=O) groups is 1. The van der Waals surface area contributed by atoms with Gasteiger partial charge in [-0.2, -0.15) is 5.10 Å². The van der Waals surface area contributed by atoms with E-state index in [0.29, 0.717) is 25.4 Å². The van der Waals surface area contributed by atoms with Crippen LogP contribution in [0.2, 0.25) is 0 Å². The average molecular weight is 358 g/mol. The van der Waals surface area contributed by atoms with Crippen molar-refractivity contribution in [2.45, 2.75) is 38.9 Å². The Morgan fingerprint density at radius 1 is 1.42 bits per heavy atom. The smallest absolute Gasteiger partial charge is 0.317 e. The normalized spacial score (nSPS) is 15.2. The zero-order valence-corrected chi connectivity index (χ0v) is 15.4. The quantitative estimate of drug-likeness (QED) is 0.892. The van der Waals surface area contributed by atoms with Gasteiger partial charge in [0.05, 0.1) is 20.3 Å². The van der Waals surface area contributed by atoms with Crippen molar-refractivity contribution in [3.8, 4) is 11.5 Å². The Labute approximate surface area is 153 Å². The summed E-state index contributed by atoms with van der Waals surface area (Å²) in [5.41, 5.74) is 0.961. The Balaban J connectivity index is 1.61. The molecule has 1 N–H and O–H groups in total. The molecule has 0 unspecified atom stereocenters. The van der Waals surface area contributed by atoms with Crippen molar-refractivity contribution in [3.05, 3.63) is 42.2 Å². The summed E-state index contributed by atoms with van der Waals surface area (Å²) in [6.45, 7) is 4.53. The monoisotopic (exact) mass is 358 g/mol. The second kappa shape index (κ2) is 8.60. The van der Waals surface area contributed by atoms with E-state index in [1.165, 1.54) is 0 Å². The van der Waals surface area contributed by atoms with Gasteiger partial charge in [0.15, 0.2) is 11.5 Å². The maximum absolute atomic E-state index is 12.7. The Hall–Kier alpha value is -2.70. The number of aryl methyl sites for hydroxylation is 1. The number of nitrogens with one attached hydrogen (secondary N) is 1. The highest BCUT2D eigenvalue weighted by Gasteiger charge is 2.21. The highest BCUT2D eigenvalue weighted by atomic mass is 16.5. The summed E-state index contributed by atoms with van der Waals surface area (Å²) >= 11 is 0. The van der Waals surface area contributed by atoms with Gasteiger partial charge in [0.2, 0.25) is 0 Å². The third-order valence-electron chi connectivity index (χ3n) is 4.47. The Bertz CT molecular complexity index is 718. The first-order chi connectivity index (χ1) is 12.7. The van der Waals surface area contributed by atoms with Crippen molar-refractivity contribution in [1.29, 1.82) is 0 Å². The molecule has 2 aromatic rings. The number of fused-ring (bicyclic) bond motifs is 1. The molecule has 2 heterocycles. The van der Waals surface area contributed by atoms with E-state index in [1.54, 1.807) is 13.3 Å². The average Bonchev–Trinajstić information content (AvgIpc) is 3.13. The Kier molecular flexibility index (Phi) is 5.99. The summed E-state index contributed by atoms with van der Waals surface area (Å²) in [6, 6.07) is 7.70. The highest BCUT2D eigenvalue weighted by molar-refractivity contribution is 5.74. The van der Waals surface area contributed by atoms with E-state index in [-0.39, 0.29) is 12.1 Å². The molecule has 0 bridgehead atoms. The molecule has 3 rings (SSSR count). The molecule has 0 spiro atoms. The number of aromatic nitrogens is 2. The number of para-hydroxylation sites is 1. The number of nitrogens with zero attached hydrogens (tertiary/aromatic N) is 3. The Morgan fingerprint density at radius 2 is 2.31 bits per heavy atom. The third-order valence-corrected chi connectivity index (χ3v) is 4.47. The van der Waals surface area contributed by atoms with Gasteiger partial charge in [-0.1, -0.05) is 12.1 Å². The predicted octanol–water partition coefficient (Wildman–Crippen LogP) is 2.66. The van der Waals surface area contributed by atoms with Crippen molar-refractivity contribution < 1.29 is 14.3 Å². The van der Waals surface area contributed by atoms with Crippen molar-refractivity contribution in [3.63, 3.8) is 0 Å². The molecule has 0 fully saturated rings. The lowest BCUT2D eigenvalue weighted by Crippen LogP contribution is -2.45. The first-order valence-electron chi connectivity index (χ1n) is 8.99. The summed E-state index contributed by atoms with van der Waals surface area (Å²) in [4.78, 5) is 14.6. The van der Waals surface area contributed by atoms with Crippen LogP contribution >= 0.6 is 0 Å². The number of hydrogen-bond acceptors (Lipinski definition) is 4. The summed E-state index contributed by atoms with van der Waals surface area (Å²) in [7, 11) is 1.63. The van der Waals surface area contributed by atoms with Crippen LogP contribution in [-0.4, -0.2) is 47.0 Å². The van der Waals surface area contributed by atoms with Crippen molar-refractivity contribution in [1.82, 2.24) is 20.0 Å². The molecule has 1 aliphatic heterocycles. The fourth-order valence-corrected chi connectivity index (χ4v) is 3.03. The van der Waals surface area contributed by atoms with Crippen LogP contribution < -0.4 is 14.8 Å². The number of hydrogen-bond donors (Lipinski definition) is 1. The minimum absolute atomic E-state index is 0.0476. The maximum Gasteiger partial charge on any atom is 0.317 e. The lowest BCUT2D eigenvalue weighted by Gasteiger charge is -2.28. The van der Waals surface area contributed by atoms with E-state index < -0.39 is 0 Å². The molecule has 1 atom stereocenters. The van der Waals surface area contributed by atoms with Crippen LogP contribution in [0.15, 0.2) is 36.7 Å². The molecule has 1 aromatic carbocycles. The largest absolute Gasteiger partial charge is 0.493 e. The minimum Gasteiger partial charge on any atom is -0.493 e. The topological polar surface area (TPSA) is 68.6 Å². The molecular weight excluding hydrogens is 332 g/mol. The van der Waals surface area contributed by atoms with E-state index in [1.807, 2.05) is 47.0 Å². The van der Waals surface area contributed by atoms with Gasteiger partial charge in [0.1, 0.15) is 0 Å². The van der Waals surface area contributed by atoms with Gasteiger partial charge in [0, 0.05) is 37.1 Å². The second-order valence-electron chi connectivity index (χ2n) is 6.48. The first-order valence-corrected chi connectivity index (χ1v) is 8.99. The number of urea groups is 1.